The Morgan fingerprint density at radius 3 is 2.86 bits per heavy atom. The number of carbonyl (C=O) groups is 1. The molecule has 0 saturated carbocycles. The standard InChI is InChI=1S/C15H20N4O2/c1-4-21-12-7-5-6-10(16)14(12)15(20)17-13-8-11(9(2)3)18-19-13/h5-9H,4,16H2,1-3H3,(H2,17,18,19,20). The molecule has 4 N–H and O–H groups in total. The number of anilines is 2. The second-order valence-corrected chi connectivity index (χ2v) is 4.97. The van der Waals surface area contributed by atoms with Gasteiger partial charge in [0.1, 0.15) is 11.3 Å². The quantitative estimate of drug-likeness (QED) is 0.737. The van der Waals surface area contributed by atoms with Gasteiger partial charge in [-0.25, -0.2) is 0 Å². The highest BCUT2D eigenvalue weighted by atomic mass is 16.5. The normalized spacial score (nSPS) is 10.7. The van der Waals surface area contributed by atoms with Crippen LogP contribution in [0.1, 0.15) is 42.7 Å². The van der Waals surface area contributed by atoms with Crippen molar-refractivity contribution >= 4 is 17.4 Å². The number of aromatic amines is 1. The first-order valence-corrected chi connectivity index (χ1v) is 6.90. The zero-order valence-electron chi connectivity index (χ0n) is 12.4. The molecule has 21 heavy (non-hydrogen) atoms. The monoisotopic (exact) mass is 288 g/mol. The van der Waals surface area contributed by atoms with Crippen LogP contribution in [0.2, 0.25) is 0 Å². The minimum Gasteiger partial charge on any atom is -0.493 e. The summed E-state index contributed by atoms with van der Waals surface area (Å²) in [6.45, 7) is 6.40. The van der Waals surface area contributed by atoms with Crippen molar-refractivity contribution < 1.29 is 9.53 Å². The van der Waals surface area contributed by atoms with Crippen LogP contribution in [0.5, 0.6) is 5.75 Å². The van der Waals surface area contributed by atoms with Gasteiger partial charge in [0.25, 0.3) is 5.91 Å². The Hall–Kier alpha value is -2.50. The number of hydrogen-bond donors (Lipinski definition) is 3. The summed E-state index contributed by atoms with van der Waals surface area (Å²) >= 11 is 0. The van der Waals surface area contributed by atoms with Crippen molar-refractivity contribution in [2.75, 3.05) is 17.7 Å². The van der Waals surface area contributed by atoms with Gasteiger partial charge in [-0.2, -0.15) is 5.10 Å². The number of nitrogens with two attached hydrogens (primary N) is 1. The second kappa shape index (κ2) is 6.30. The SMILES string of the molecule is CCOc1cccc(N)c1C(=O)Nc1cc(C(C)C)[nH]n1. The highest BCUT2D eigenvalue weighted by molar-refractivity contribution is 6.09. The molecule has 1 heterocycles. The van der Waals surface area contributed by atoms with Crippen molar-refractivity contribution in [3.05, 3.63) is 35.5 Å². The van der Waals surface area contributed by atoms with Gasteiger partial charge in [0, 0.05) is 17.4 Å². The lowest BCUT2D eigenvalue weighted by molar-refractivity contribution is 0.102. The van der Waals surface area contributed by atoms with Crippen molar-refractivity contribution in [2.45, 2.75) is 26.7 Å². The lowest BCUT2D eigenvalue weighted by Gasteiger charge is -2.11. The molecule has 2 aromatic rings. The number of nitrogens with one attached hydrogen (secondary N) is 2. The molecule has 6 nitrogen and oxygen atoms in total. The van der Waals surface area contributed by atoms with E-state index in [4.69, 9.17) is 10.5 Å². The first kappa shape index (κ1) is 14.9. The van der Waals surface area contributed by atoms with Crippen LogP contribution in [-0.4, -0.2) is 22.7 Å². The van der Waals surface area contributed by atoms with E-state index in [1.807, 2.05) is 26.8 Å². The van der Waals surface area contributed by atoms with Gasteiger partial charge in [0.15, 0.2) is 5.82 Å². The smallest absolute Gasteiger partial charge is 0.262 e. The zero-order valence-corrected chi connectivity index (χ0v) is 12.4. The number of carbonyl (C=O) groups excluding carboxylic acids is 1. The number of amides is 1. The topological polar surface area (TPSA) is 93.0 Å². The molecule has 0 aliphatic heterocycles. The molecule has 1 aromatic heterocycles. The van der Waals surface area contributed by atoms with E-state index in [0.717, 1.165) is 5.69 Å². The van der Waals surface area contributed by atoms with Crippen molar-refractivity contribution in [1.82, 2.24) is 10.2 Å². The number of H-pyrrole nitrogens is 1. The van der Waals surface area contributed by atoms with E-state index in [9.17, 15) is 4.79 Å². The minimum atomic E-state index is -0.335. The number of ether oxygens (including phenoxy) is 1. The van der Waals surface area contributed by atoms with E-state index in [1.165, 1.54) is 0 Å². The zero-order chi connectivity index (χ0) is 15.4. The Kier molecular flexibility index (Phi) is 4.47. The number of benzene rings is 1. The average Bonchev–Trinajstić information content (AvgIpc) is 2.87. The van der Waals surface area contributed by atoms with Crippen LogP contribution < -0.4 is 15.8 Å². The van der Waals surface area contributed by atoms with Gasteiger partial charge in [-0.05, 0) is 25.0 Å². The van der Waals surface area contributed by atoms with Crippen LogP contribution in [0, 0.1) is 0 Å². The minimum absolute atomic E-state index is 0.309. The van der Waals surface area contributed by atoms with E-state index in [-0.39, 0.29) is 5.91 Å². The summed E-state index contributed by atoms with van der Waals surface area (Å²) in [6.07, 6.45) is 0. The average molecular weight is 288 g/mol. The summed E-state index contributed by atoms with van der Waals surface area (Å²) < 4.78 is 5.45. The molecule has 0 saturated heterocycles. The molecule has 0 atom stereocenters. The third-order valence-electron chi connectivity index (χ3n) is 3.05. The largest absolute Gasteiger partial charge is 0.493 e. The van der Waals surface area contributed by atoms with E-state index in [0.29, 0.717) is 35.3 Å². The van der Waals surface area contributed by atoms with Gasteiger partial charge in [-0.3, -0.25) is 9.89 Å². The summed E-state index contributed by atoms with van der Waals surface area (Å²) in [5.74, 6) is 0.909. The fourth-order valence-corrected chi connectivity index (χ4v) is 1.94. The lowest BCUT2D eigenvalue weighted by Crippen LogP contribution is -2.16. The van der Waals surface area contributed by atoms with Gasteiger partial charge in [0.05, 0.1) is 6.61 Å². The molecule has 0 radical (unpaired) electrons. The highest BCUT2D eigenvalue weighted by Gasteiger charge is 2.17. The van der Waals surface area contributed by atoms with Crippen LogP contribution >= 0.6 is 0 Å². The van der Waals surface area contributed by atoms with Crippen LogP contribution in [0.3, 0.4) is 0 Å². The summed E-state index contributed by atoms with van der Waals surface area (Å²) in [5.41, 5.74) is 7.55. The van der Waals surface area contributed by atoms with Crippen LogP contribution in [0.15, 0.2) is 24.3 Å². The second-order valence-electron chi connectivity index (χ2n) is 4.97. The van der Waals surface area contributed by atoms with Gasteiger partial charge >= 0.3 is 0 Å². The van der Waals surface area contributed by atoms with Gasteiger partial charge in [-0.1, -0.05) is 19.9 Å². The van der Waals surface area contributed by atoms with Gasteiger partial charge in [-0.15, -0.1) is 0 Å². The van der Waals surface area contributed by atoms with E-state index in [1.54, 1.807) is 18.2 Å². The van der Waals surface area contributed by atoms with Crippen molar-refractivity contribution in [3.63, 3.8) is 0 Å². The van der Waals surface area contributed by atoms with E-state index < -0.39 is 0 Å². The predicted octanol–water partition coefficient (Wildman–Crippen LogP) is 2.77. The summed E-state index contributed by atoms with van der Waals surface area (Å²) in [5, 5.41) is 9.69. The lowest BCUT2D eigenvalue weighted by atomic mass is 10.1. The Bertz CT molecular complexity index is 634. The summed E-state index contributed by atoms with van der Waals surface area (Å²) in [6, 6.07) is 6.95. The third kappa shape index (κ3) is 3.34. The van der Waals surface area contributed by atoms with Crippen LogP contribution in [0.4, 0.5) is 11.5 Å². The van der Waals surface area contributed by atoms with Crippen LogP contribution in [-0.2, 0) is 0 Å². The molecular formula is C15H20N4O2. The maximum Gasteiger partial charge on any atom is 0.262 e. The van der Waals surface area contributed by atoms with Gasteiger partial charge in [0.2, 0.25) is 0 Å². The maximum absolute atomic E-state index is 12.4. The Morgan fingerprint density at radius 2 is 2.24 bits per heavy atom. The molecule has 112 valence electrons. The number of nitrogen functional groups attached to an aromatic ring is 1. The molecular weight excluding hydrogens is 268 g/mol. The molecule has 1 aromatic carbocycles. The van der Waals surface area contributed by atoms with Crippen molar-refractivity contribution in [3.8, 4) is 5.75 Å². The predicted molar refractivity (Wildman–Crippen MR) is 82.7 cm³/mol. The molecule has 1 amide bonds. The Balaban J connectivity index is 2.23. The maximum atomic E-state index is 12.4. The third-order valence-corrected chi connectivity index (χ3v) is 3.05. The Labute approximate surface area is 123 Å². The highest BCUT2D eigenvalue weighted by Crippen LogP contribution is 2.25. The molecule has 0 bridgehead atoms. The summed E-state index contributed by atoms with van der Waals surface area (Å²) in [7, 11) is 0. The fraction of sp³-hybridized carbons (Fsp3) is 0.333. The number of rotatable bonds is 5. The molecule has 0 unspecified atom stereocenters. The van der Waals surface area contributed by atoms with Gasteiger partial charge < -0.3 is 15.8 Å². The summed E-state index contributed by atoms with van der Waals surface area (Å²) in [4.78, 5) is 12.4. The van der Waals surface area contributed by atoms with E-state index >= 15 is 0 Å². The van der Waals surface area contributed by atoms with Crippen LogP contribution in [0.25, 0.3) is 0 Å². The number of hydrogen-bond acceptors (Lipinski definition) is 4. The number of nitrogens with zero attached hydrogens (tertiary/aromatic N) is 1. The molecule has 0 spiro atoms. The molecule has 0 aliphatic carbocycles. The molecule has 6 heteroatoms. The van der Waals surface area contributed by atoms with Crippen molar-refractivity contribution in [1.29, 1.82) is 0 Å². The first-order valence-electron chi connectivity index (χ1n) is 6.90. The fourth-order valence-electron chi connectivity index (χ4n) is 1.94. The molecule has 0 aliphatic rings. The first-order chi connectivity index (χ1) is 10.0. The van der Waals surface area contributed by atoms with Crippen molar-refractivity contribution in [2.24, 2.45) is 0 Å². The molecule has 2 rings (SSSR count). The Morgan fingerprint density at radius 1 is 1.48 bits per heavy atom. The van der Waals surface area contributed by atoms with E-state index in [2.05, 4.69) is 15.5 Å². The number of aromatic nitrogens is 2. The molecule has 0 fully saturated rings.